The fraction of sp³-hybridized carbons (Fsp3) is 0.211. The summed E-state index contributed by atoms with van der Waals surface area (Å²) in [6.07, 6.45) is 0.854. The van der Waals surface area contributed by atoms with Crippen LogP contribution in [-0.2, 0) is 18.3 Å². The molecule has 0 aliphatic carbocycles. The van der Waals surface area contributed by atoms with Crippen molar-refractivity contribution in [1.29, 1.82) is 0 Å². The lowest BCUT2D eigenvalue weighted by atomic mass is 10.1. The molecule has 0 saturated heterocycles. The zero-order valence-corrected chi connectivity index (χ0v) is 17.3. The Morgan fingerprint density at radius 2 is 2.04 bits per heavy atom. The van der Waals surface area contributed by atoms with Crippen LogP contribution in [0.3, 0.4) is 0 Å². The zero-order valence-electron chi connectivity index (χ0n) is 14.9. The van der Waals surface area contributed by atoms with Crippen molar-refractivity contribution >= 4 is 39.3 Å². The van der Waals surface area contributed by atoms with Gasteiger partial charge in [-0.2, -0.15) is 0 Å². The van der Waals surface area contributed by atoms with Gasteiger partial charge in [0.15, 0.2) is 11.0 Å². The molecule has 27 heavy (non-hydrogen) atoms. The van der Waals surface area contributed by atoms with E-state index in [0.29, 0.717) is 16.5 Å². The number of hydrogen-bond acceptors (Lipinski definition) is 5. The highest BCUT2D eigenvalue weighted by Crippen LogP contribution is 2.32. The van der Waals surface area contributed by atoms with Gasteiger partial charge in [0.05, 0.1) is 11.3 Å². The molecule has 0 aliphatic heterocycles. The minimum Gasteiger partial charge on any atom is -0.507 e. The number of anilines is 1. The molecule has 0 bridgehead atoms. The predicted molar refractivity (Wildman–Crippen MR) is 111 cm³/mol. The number of phenols is 1. The first-order chi connectivity index (χ1) is 13.0. The maximum Gasteiger partial charge on any atom is 0.234 e. The molecule has 8 heteroatoms. The second kappa shape index (κ2) is 8.58. The van der Waals surface area contributed by atoms with E-state index in [1.165, 1.54) is 11.8 Å². The lowest BCUT2D eigenvalue weighted by Gasteiger charge is -2.09. The Bertz CT molecular complexity index is 974. The van der Waals surface area contributed by atoms with Crippen LogP contribution in [-0.4, -0.2) is 31.5 Å². The number of phenolic OH excluding ortho intramolecular Hbond substituents is 1. The third kappa shape index (κ3) is 4.51. The number of thioether (sulfide) groups is 1. The van der Waals surface area contributed by atoms with Crippen molar-refractivity contribution in [2.45, 2.75) is 18.5 Å². The monoisotopic (exact) mass is 446 g/mol. The number of carbonyl (C=O) groups is 1. The maximum absolute atomic E-state index is 12.3. The normalized spacial score (nSPS) is 10.8. The molecule has 0 saturated carbocycles. The number of aryl methyl sites for hydroxylation is 1. The second-order valence-corrected chi connectivity index (χ2v) is 7.73. The molecule has 3 rings (SSSR count). The summed E-state index contributed by atoms with van der Waals surface area (Å²) in [4.78, 5) is 12.3. The van der Waals surface area contributed by atoms with Crippen LogP contribution < -0.4 is 5.32 Å². The number of nitrogens with one attached hydrogen (secondary N) is 1. The smallest absolute Gasteiger partial charge is 0.234 e. The Morgan fingerprint density at radius 3 is 2.81 bits per heavy atom. The van der Waals surface area contributed by atoms with Crippen molar-refractivity contribution in [1.82, 2.24) is 14.8 Å². The van der Waals surface area contributed by atoms with Crippen LogP contribution >= 0.6 is 27.7 Å². The molecule has 0 aliphatic rings. The molecule has 140 valence electrons. The van der Waals surface area contributed by atoms with Crippen LogP contribution in [0.4, 0.5) is 5.69 Å². The van der Waals surface area contributed by atoms with Crippen molar-refractivity contribution in [3.63, 3.8) is 0 Å². The van der Waals surface area contributed by atoms with E-state index in [4.69, 9.17) is 0 Å². The molecule has 0 spiro atoms. The maximum atomic E-state index is 12.3. The van der Waals surface area contributed by atoms with Gasteiger partial charge >= 0.3 is 0 Å². The number of amides is 1. The fourth-order valence-corrected chi connectivity index (χ4v) is 3.70. The summed E-state index contributed by atoms with van der Waals surface area (Å²) in [5.74, 6) is 0.775. The van der Waals surface area contributed by atoms with E-state index in [9.17, 15) is 9.90 Å². The Balaban J connectivity index is 1.69. The van der Waals surface area contributed by atoms with E-state index in [-0.39, 0.29) is 17.4 Å². The van der Waals surface area contributed by atoms with Gasteiger partial charge in [-0.05, 0) is 36.2 Å². The summed E-state index contributed by atoms with van der Waals surface area (Å²) in [5, 5.41) is 21.9. The molecule has 2 N–H and O–H groups in total. The number of hydrogen-bond donors (Lipinski definition) is 2. The van der Waals surface area contributed by atoms with Crippen molar-refractivity contribution in [3.8, 4) is 17.1 Å². The number of para-hydroxylation sites is 1. The molecule has 0 radical (unpaired) electrons. The zero-order chi connectivity index (χ0) is 19.4. The van der Waals surface area contributed by atoms with E-state index in [1.54, 1.807) is 22.8 Å². The van der Waals surface area contributed by atoms with Gasteiger partial charge in [0.2, 0.25) is 5.91 Å². The lowest BCUT2D eigenvalue weighted by Crippen LogP contribution is -2.15. The van der Waals surface area contributed by atoms with E-state index in [0.717, 1.165) is 22.1 Å². The Labute approximate surface area is 170 Å². The minimum atomic E-state index is -0.101. The van der Waals surface area contributed by atoms with Gasteiger partial charge in [0.25, 0.3) is 0 Å². The van der Waals surface area contributed by atoms with Gasteiger partial charge in [0, 0.05) is 17.2 Å². The van der Waals surface area contributed by atoms with E-state index < -0.39 is 0 Å². The highest BCUT2D eigenvalue weighted by atomic mass is 79.9. The second-order valence-electron chi connectivity index (χ2n) is 5.87. The van der Waals surface area contributed by atoms with Gasteiger partial charge in [-0.15, -0.1) is 10.2 Å². The molecule has 2 aromatic carbocycles. The van der Waals surface area contributed by atoms with Gasteiger partial charge in [-0.3, -0.25) is 4.79 Å². The summed E-state index contributed by atoms with van der Waals surface area (Å²) < 4.78 is 2.60. The number of nitrogens with zero attached hydrogens (tertiary/aromatic N) is 3. The van der Waals surface area contributed by atoms with Crippen LogP contribution in [0.25, 0.3) is 11.4 Å². The number of carbonyl (C=O) groups excluding carboxylic acids is 1. The van der Waals surface area contributed by atoms with Gasteiger partial charge in [-0.1, -0.05) is 52.8 Å². The first-order valence-electron chi connectivity index (χ1n) is 8.38. The Kier molecular flexibility index (Phi) is 6.18. The van der Waals surface area contributed by atoms with Crippen molar-refractivity contribution in [3.05, 3.63) is 52.5 Å². The molecule has 0 fully saturated rings. The summed E-state index contributed by atoms with van der Waals surface area (Å²) in [5.41, 5.74) is 2.51. The van der Waals surface area contributed by atoms with Gasteiger partial charge in [0.1, 0.15) is 5.75 Å². The first-order valence-corrected chi connectivity index (χ1v) is 10.2. The third-order valence-corrected chi connectivity index (χ3v) is 5.55. The molecule has 1 amide bonds. The molecule has 0 unspecified atom stereocenters. The van der Waals surface area contributed by atoms with Crippen LogP contribution in [0.15, 0.2) is 52.1 Å². The third-order valence-electron chi connectivity index (χ3n) is 4.04. The number of aromatic hydroxyl groups is 1. The molecule has 1 heterocycles. The lowest BCUT2D eigenvalue weighted by molar-refractivity contribution is -0.113. The number of halogens is 1. The van der Waals surface area contributed by atoms with Gasteiger partial charge in [-0.25, -0.2) is 0 Å². The van der Waals surface area contributed by atoms with E-state index in [2.05, 4.69) is 38.4 Å². The SMILES string of the molecule is CCc1ccccc1NC(=O)CSc1nnc(-c2cc(Br)ccc2O)n1C. The molecule has 0 atom stereocenters. The Hall–Kier alpha value is -2.32. The standard InChI is InChI=1S/C19H19BrN4O2S/c1-3-12-6-4-5-7-15(12)21-17(26)11-27-19-23-22-18(24(19)2)14-10-13(20)8-9-16(14)25/h4-10,25H,3,11H2,1-2H3,(H,21,26). The van der Waals surface area contributed by atoms with E-state index >= 15 is 0 Å². The molecule has 6 nitrogen and oxygen atoms in total. The van der Waals surface area contributed by atoms with Crippen LogP contribution in [0.5, 0.6) is 5.75 Å². The predicted octanol–water partition coefficient (Wildman–Crippen LogP) is 4.24. The number of aromatic nitrogens is 3. The molecule has 1 aromatic heterocycles. The summed E-state index contributed by atoms with van der Waals surface area (Å²) in [7, 11) is 1.81. The van der Waals surface area contributed by atoms with Crippen molar-refractivity contribution < 1.29 is 9.90 Å². The van der Waals surface area contributed by atoms with Crippen LogP contribution in [0.2, 0.25) is 0 Å². The van der Waals surface area contributed by atoms with Crippen LogP contribution in [0, 0.1) is 0 Å². The Morgan fingerprint density at radius 1 is 1.26 bits per heavy atom. The van der Waals surface area contributed by atoms with Crippen molar-refractivity contribution in [2.24, 2.45) is 7.05 Å². The molecular formula is C19H19BrN4O2S. The average molecular weight is 447 g/mol. The number of benzene rings is 2. The largest absolute Gasteiger partial charge is 0.507 e. The quantitative estimate of drug-likeness (QED) is 0.553. The van der Waals surface area contributed by atoms with Gasteiger partial charge < -0.3 is 15.0 Å². The summed E-state index contributed by atoms with van der Waals surface area (Å²) in [6, 6.07) is 12.9. The van der Waals surface area contributed by atoms with Crippen molar-refractivity contribution in [2.75, 3.05) is 11.1 Å². The highest BCUT2D eigenvalue weighted by molar-refractivity contribution is 9.10. The minimum absolute atomic E-state index is 0.101. The topological polar surface area (TPSA) is 80.0 Å². The average Bonchev–Trinajstić information content (AvgIpc) is 3.03. The fourth-order valence-electron chi connectivity index (χ4n) is 2.63. The first kappa shape index (κ1) is 19.4. The molecular weight excluding hydrogens is 428 g/mol. The summed E-state index contributed by atoms with van der Waals surface area (Å²) in [6.45, 7) is 2.05. The van der Waals surface area contributed by atoms with Crippen LogP contribution in [0.1, 0.15) is 12.5 Å². The summed E-state index contributed by atoms with van der Waals surface area (Å²) >= 11 is 4.69. The number of rotatable bonds is 6. The molecule has 3 aromatic rings. The van der Waals surface area contributed by atoms with E-state index in [1.807, 2.05) is 31.3 Å². The highest BCUT2D eigenvalue weighted by Gasteiger charge is 2.16.